The summed E-state index contributed by atoms with van der Waals surface area (Å²) in [5.41, 5.74) is 5.08. The average molecular weight is 366 g/mol. The van der Waals surface area contributed by atoms with Crippen molar-refractivity contribution in [2.24, 2.45) is 5.73 Å². The smallest absolute Gasteiger partial charge is 0.326 e. The van der Waals surface area contributed by atoms with Crippen molar-refractivity contribution in [2.75, 3.05) is 30.9 Å². The fraction of sp³-hybridized carbons (Fsp3) is 0.667. The van der Waals surface area contributed by atoms with Crippen molar-refractivity contribution >= 4 is 48.1 Å². The topological polar surface area (TPSA) is 151 Å². The molecule has 0 bridgehead atoms. The normalized spacial score (nSPS) is 12.8. The van der Waals surface area contributed by atoms with Crippen LogP contribution in [0.2, 0.25) is 0 Å². The molecule has 0 aliphatic rings. The molecular formula is C12H22N4O5S2. The van der Waals surface area contributed by atoms with Crippen molar-refractivity contribution < 1.29 is 24.3 Å². The van der Waals surface area contributed by atoms with E-state index in [-0.39, 0.29) is 25.3 Å². The van der Waals surface area contributed by atoms with E-state index in [1.54, 1.807) is 0 Å². The lowest BCUT2D eigenvalue weighted by atomic mass is 10.2. The van der Waals surface area contributed by atoms with Crippen molar-refractivity contribution in [3.63, 3.8) is 0 Å². The number of carbonyl (C=O) groups excluding carboxylic acids is 3. The lowest BCUT2D eigenvalue weighted by molar-refractivity contribution is -0.142. The number of hydrogen-bond acceptors (Lipinski definition) is 7. The number of thioether (sulfide) groups is 1. The quantitative estimate of drug-likeness (QED) is 0.227. The maximum absolute atomic E-state index is 12.0. The van der Waals surface area contributed by atoms with E-state index in [1.807, 2.05) is 6.26 Å². The third-order valence-electron chi connectivity index (χ3n) is 2.69. The molecule has 0 aliphatic heterocycles. The maximum atomic E-state index is 12.0. The number of nitrogens with one attached hydrogen (secondary N) is 3. The summed E-state index contributed by atoms with van der Waals surface area (Å²) in [6.45, 7) is -0.581. The molecule has 11 heteroatoms. The summed E-state index contributed by atoms with van der Waals surface area (Å²) < 4.78 is 0. The van der Waals surface area contributed by atoms with Crippen LogP contribution >= 0.6 is 24.4 Å². The number of rotatable bonds is 11. The molecule has 0 rings (SSSR count). The summed E-state index contributed by atoms with van der Waals surface area (Å²) in [5, 5.41) is 16.1. The molecule has 132 valence electrons. The standard InChI is InChI=1S/C12H22N4O5S2/c1-23-3-2-7(12(20)21)16-11(19)8(6-22)15-10(18)5-14-9(17)4-13/h7-8,22H,2-6,13H2,1H3,(H,14,17)(H,15,18)(H,16,19)(H,20,21). The molecule has 6 N–H and O–H groups in total. The minimum atomic E-state index is -1.15. The van der Waals surface area contributed by atoms with E-state index in [0.29, 0.717) is 5.75 Å². The number of thiol groups is 1. The highest BCUT2D eigenvalue weighted by Crippen LogP contribution is 2.02. The van der Waals surface area contributed by atoms with E-state index < -0.39 is 35.8 Å². The minimum Gasteiger partial charge on any atom is -0.480 e. The van der Waals surface area contributed by atoms with Gasteiger partial charge in [-0.25, -0.2) is 4.79 Å². The second kappa shape index (κ2) is 12.0. The van der Waals surface area contributed by atoms with Crippen LogP contribution in [-0.4, -0.2) is 71.7 Å². The van der Waals surface area contributed by atoms with Crippen LogP contribution in [0, 0.1) is 0 Å². The number of aliphatic carboxylic acids is 1. The summed E-state index contributed by atoms with van der Waals surface area (Å²) >= 11 is 5.43. The molecule has 0 aromatic rings. The molecule has 23 heavy (non-hydrogen) atoms. The first kappa shape index (κ1) is 21.5. The molecular weight excluding hydrogens is 344 g/mol. The molecule has 0 saturated heterocycles. The summed E-state index contributed by atoms with van der Waals surface area (Å²) in [5.74, 6) is -2.34. The first-order valence-electron chi connectivity index (χ1n) is 6.74. The number of hydrogen-bond donors (Lipinski definition) is 6. The second-order valence-corrected chi connectivity index (χ2v) is 5.82. The van der Waals surface area contributed by atoms with Gasteiger partial charge in [0, 0.05) is 5.75 Å². The van der Waals surface area contributed by atoms with Crippen LogP contribution in [0.5, 0.6) is 0 Å². The van der Waals surface area contributed by atoms with Gasteiger partial charge in [0.1, 0.15) is 12.1 Å². The van der Waals surface area contributed by atoms with Gasteiger partial charge in [-0.2, -0.15) is 24.4 Å². The molecule has 0 aromatic heterocycles. The highest BCUT2D eigenvalue weighted by Gasteiger charge is 2.25. The molecule has 0 fully saturated rings. The van der Waals surface area contributed by atoms with E-state index in [0.717, 1.165) is 0 Å². The average Bonchev–Trinajstić information content (AvgIpc) is 2.53. The summed E-state index contributed by atoms with van der Waals surface area (Å²) in [4.78, 5) is 45.7. The summed E-state index contributed by atoms with van der Waals surface area (Å²) in [6, 6.07) is -2.04. The Morgan fingerprint density at radius 1 is 1.17 bits per heavy atom. The molecule has 0 aromatic carbocycles. The number of carboxylic acids is 1. The van der Waals surface area contributed by atoms with Gasteiger partial charge in [0.2, 0.25) is 17.7 Å². The SMILES string of the molecule is CSCCC(NC(=O)C(CS)NC(=O)CNC(=O)CN)C(=O)O. The molecule has 0 aliphatic carbocycles. The van der Waals surface area contributed by atoms with Crippen molar-refractivity contribution in [3.05, 3.63) is 0 Å². The largest absolute Gasteiger partial charge is 0.480 e. The summed E-state index contributed by atoms with van der Waals surface area (Å²) in [6.07, 6.45) is 2.09. The Labute approximate surface area is 143 Å². The molecule has 0 radical (unpaired) electrons. The zero-order valence-corrected chi connectivity index (χ0v) is 14.4. The molecule has 9 nitrogen and oxygen atoms in total. The van der Waals surface area contributed by atoms with Crippen LogP contribution in [0.4, 0.5) is 0 Å². The summed E-state index contributed by atoms with van der Waals surface area (Å²) in [7, 11) is 0. The lowest BCUT2D eigenvalue weighted by Gasteiger charge is -2.20. The van der Waals surface area contributed by atoms with Gasteiger partial charge in [-0.1, -0.05) is 0 Å². The minimum absolute atomic E-state index is 0.0166. The Morgan fingerprint density at radius 3 is 2.30 bits per heavy atom. The van der Waals surface area contributed by atoms with E-state index >= 15 is 0 Å². The first-order valence-corrected chi connectivity index (χ1v) is 8.77. The molecule has 2 unspecified atom stereocenters. The van der Waals surface area contributed by atoms with Crippen LogP contribution < -0.4 is 21.7 Å². The van der Waals surface area contributed by atoms with Crippen LogP contribution in [0.1, 0.15) is 6.42 Å². The Balaban J connectivity index is 4.51. The Bertz CT molecular complexity index is 436. The van der Waals surface area contributed by atoms with Gasteiger partial charge in [0.25, 0.3) is 0 Å². The molecule has 0 saturated carbocycles. The van der Waals surface area contributed by atoms with Crippen molar-refractivity contribution in [3.8, 4) is 0 Å². The fourth-order valence-electron chi connectivity index (χ4n) is 1.46. The van der Waals surface area contributed by atoms with E-state index in [2.05, 4.69) is 28.6 Å². The highest BCUT2D eigenvalue weighted by molar-refractivity contribution is 7.98. The number of amides is 3. The monoisotopic (exact) mass is 366 g/mol. The Morgan fingerprint density at radius 2 is 1.83 bits per heavy atom. The third kappa shape index (κ3) is 9.31. The van der Waals surface area contributed by atoms with Crippen LogP contribution in [0.15, 0.2) is 0 Å². The van der Waals surface area contributed by atoms with Gasteiger partial charge in [-0.3, -0.25) is 14.4 Å². The van der Waals surface area contributed by atoms with Gasteiger partial charge in [0.05, 0.1) is 13.1 Å². The van der Waals surface area contributed by atoms with Crippen LogP contribution in [0.3, 0.4) is 0 Å². The van der Waals surface area contributed by atoms with E-state index in [4.69, 9.17) is 10.8 Å². The molecule has 0 spiro atoms. The predicted molar refractivity (Wildman–Crippen MR) is 90.4 cm³/mol. The molecule has 0 heterocycles. The molecule has 3 amide bonds. The van der Waals surface area contributed by atoms with Crippen molar-refractivity contribution in [1.29, 1.82) is 0 Å². The van der Waals surface area contributed by atoms with Gasteiger partial charge >= 0.3 is 5.97 Å². The predicted octanol–water partition coefficient (Wildman–Crippen LogP) is -2.20. The lowest BCUT2D eigenvalue weighted by Crippen LogP contribution is -2.54. The zero-order valence-electron chi connectivity index (χ0n) is 12.7. The van der Waals surface area contributed by atoms with Gasteiger partial charge in [0.15, 0.2) is 0 Å². The molecule has 2 atom stereocenters. The number of nitrogens with two attached hydrogens (primary N) is 1. The fourth-order valence-corrected chi connectivity index (χ4v) is 2.18. The number of carboxylic acid groups (broad SMARTS) is 1. The maximum Gasteiger partial charge on any atom is 0.326 e. The van der Waals surface area contributed by atoms with Crippen molar-refractivity contribution in [1.82, 2.24) is 16.0 Å². The van der Waals surface area contributed by atoms with Crippen molar-refractivity contribution in [2.45, 2.75) is 18.5 Å². The third-order valence-corrected chi connectivity index (χ3v) is 3.70. The van der Waals surface area contributed by atoms with E-state index in [9.17, 15) is 19.2 Å². The second-order valence-electron chi connectivity index (χ2n) is 4.46. The van der Waals surface area contributed by atoms with Gasteiger partial charge in [-0.05, 0) is 18.4 Å². The van der Waals surface area contributed by atoms with Gasteiger partial charge < -0.3 is 26.8 Å². The highest BCUT2D eigenvalue weighted by atomic mass is 32.2. The Kier molecular flexibility index (Phi) is 11.3. The number of carbonyl (C=O) groups is 4. The first-order chi connectivity index (χ1) is 10.8. The van der Waals surface area contributed by atoms with E-state index in [1.165, 1.54) is 11.8 Å². The zero-order chi connectivity index (χ0) is 17.8. The van der Waals surface area contributed by atoms with Gasteiger partial charge in [-0.15, -0.1) is 0 Å². The Hall–Kier alpha value is -1.46. The van der Waals surface area contributed by atoms with Crippen LogP contribution in [-0.2, 0) is 19.2 Å². The van der Waals surface area contributed by atoms with Crippen LogP contribution in [0.25, 0.3) is 0 Å².